The van der Waals surface area contributed by atoms with E-state index in [1.54, 1.807) is 25.1 Å². The number of aryl methyl sites for hydroxylation is 1. The molecule has 0 unspecified atom stereocenters. The van der Waals surface area contributed by atoms with Crippen molar-refractivity contribution < 1.29 is 14.7 Å². The molecule has 108 valence electrons. The number of pyridine rings is 1. The van der Waals surface area contributed by atoms with Gasteiger partial charge < -0.3 is 16.2 Å². The number of nitrogens with two attached hydrogens (primary N) is 1. The van der Waals surface area contributed by atoms with Crippen molar-refractivity contribution in [3.8, 4) is 0 Å². The van der Waals surface area contributed by atoms with Crippen LogP contribution in [-0.4, -0.2) is 22.0 Å². The summed E-state index contributed by atoms with van der Waals surface area (Å²) >= 11 is 0. The minimum absolute atomic E-state index is 0.119. The quantitative estimate of drug-likeness (QED) is 0.794. The Hall–Kier alpha value is -2.73. The zero-order valence-electron chi connectivity index (χ0n) is 11.5. The molecule has 21 heavy (non-hydrogen) atoms. The van der Waals surface area contributed by atoms with E-state index in [1.807, 2.05) is 0 Å². The number of hydrogen-bond donors (Lipinski definition) is 3. The average Bonchev–Trinajstić information content (AvgIpc) is 2.49. The number of carbonyl (C=O) groups is 2. The number of amides is 1. The third kappa shape index (κ3) is 3.43. The van der Waals surface area contributed by atoms with Crippen molar-refractivity contribution >= 4 is 17.6 Å². The van der Waals surface area contributed by atoms with Gasteiger partial charge in [0.2, 0.25) is 0 Å². The Morgan fingerprint density at radius 1 is 1.24 bits per heavy atom. The number of carbonyl (C=O) groups excluding carboxylic acids is 1. The molecule has 0 atom stereocenters. The third-order valence-electron chi connectivity index (χ3n) is 3.02. The summed E-state index contributed by atoms with van der Waals surface area (Å²) in [6.45, 7) is 2.04. The number of rotatable bonds is 4. The molecule has 1 amide bonds. The maximum atomic E-state index is 12.2. The zero-order valence-corrected chi connectivity index (χ0v) is 11.5. The monoisotopic (exact) mass is 285 g/mol. The molecule has 0 aliphatic carbocycles. The van der Waals surface area contributed by atoms with Crippen LogP contribution in [0.5, 0.6) is 0 Å². The van der Waals surface area contributed by atoms with Crippen LogP contribution in [0.15, 0.2) is 36.5 Å². The normalized spacial score (nSPS) is 10.2. The standard InChI is InChI=1S/C15H15N3O3/c1-9-2-3-11(15(20)21)7-13(9)18-14(19)10-4-5-17-12(6-10)8-16/h2-7H,8,16H2,1H3,(H,18,19)(H,20,21). The van der Waals surface area contributed by atoms with Crippen molar-refractivity contribution in [2.45, 2.75) is 13.5 Å². The minimum Gasteiger partial charge on any atom is -0.478 e. The van der Waals surface area contributed by atoms with Gasteiger partial charge in [0.05, 0.1) is 11.3 Å². The molecule has 2 rings (SSSR count). The molecule has 0 bridgehead atoms. The van der Waals surface area contributed by atoms with Crippen LogP contribution < -0.4 is 11.1 Å². The summed E-state index contributed by atoms with van der Waals surface area (Å²) in [6.07, 6.45) is 1.51. The van der Waals surface area contributed by atoms with Crippen molar-refractivity contribution in [2.75, 3.05) is 5.32 Å². The number of benzene rings is 1. The molecule has 1 aromatic heterocycles. The molecule has 1 heterocycles. The summed E-state index contributed by atoms with van der Waals surface area (Å²) in [4.78, 5) is 27.2. The molecule has 0 fully saturated rings. The Balaban J connectivity index is 2.26. The Labute approximate surface area is 121 Å². The molecule has 4 N–H and O–H groups in total. The first kappa shape index (κ1) is 14.7. The molecule has 0 saturated carbocycles. The lowest BCUT2D eigenvalue weighted by Crippen LogP contribution is -2.14. The first-order valence-corrected chi connectivity index (χ1v) is 6.31. The molecule has 0 spiro atoms. The van der Waals surface area contributed by atoms with Gasteiger partial charge in [-0.05, 0) is 36.8 Å². The van der Waals surface area contributed by atoms with Crippen LogP contribution in [0, 0.1) is 6.92 Å². The van der Waals surface area contributed by atoms with Gasteiger partial charge in [-0.3, -0.25) is 9.78 Å². The Morgan fingerprint density at radius 2 is 2.00 bits per heavy atom. The number of nitrogens with one attached hydrogen (secondary N) is 1. The highest BCUT2D eigenvalue weighted by molar-refractivity contribution is 6.05. The van der Waals surface area contributed by atoms with Gasteiger partial charge >= 0.3 is 5.97 Å². The van der Waals surface area contributed by atoms with E-state index in [2.05, 4.69) is 10.3 Å². The number of aromatic carboxylic acids is 1. The molecular weight excluding hydrogens is 270 g/mol. The van der Waals surface area contributed by atoms with Gasteiger partial charge in [-0.1, -0.05) is 6.07 Å². The Bertz CT molecular complexity index is 698. The molecule has 0 radical (unpaired) electrons. The number of hydrogen-bond acceptors (Lipinski definition) is 4. The van der Waals surface area contributed by atoms with Crippen molar-refractivity contribution in [1.82, 2.24) is 4.98 Å². The maximum absolute atomic E-state index is 12.2. The topological polar surface area (TPSA) is 105 Å². The molecule has 1 aromatic carbocycles. The number of carboxylic acids is 1. The molecular formula is C15H15N3O3. The fourth-order valence-corrected chi connectivity index (χ4v) is 1.82. The second-order valence-corrected chi connectivity index (χ2v) is 4.53. The SMILES string of the molecule is Cc1ccc(C(=O)O)cc1NC(=O)c1ccnc(CN)c1. The van der Waals surface area contributed by atoms with E-state index in [0.29, 0.717) is 16.9 Å². The van der Waals surface area contributed by atoms with Crippen molar-refractivity contribution in [1.29, 1.82) is 0 Å². The van der Waals surface area contributed by atoms with Crippen LogP contribution >= 0.6 is 0 Å². The van der Waals surface area contributed by atoms with Crippen LogP contribution in [0.3, 0.4) is 0 Å². The lowest BCUT2D eigenvalue weighted by atomic mass is 10.1. The maximum Gasteiger partial charge on any atom is 0.335 e. The minimum atomic E-state index is -1.04. The van der Waals surface area contributed by atoms with Crippen molar-refractivity contribution in [3.05, 3.63) is 58.9 Å². The van der Waals surface area contributed by atoms with E-state index >= 15 is 0 Å². The fraction of sp³-hybridized carbons (Fsp3) is 0.133. The molecule has 0 saturated heterocycles. The molecule has 2 aromatic rings. The van der Waals surface area contributed by atoms with E-state index in [0.717, 1.165) is 5.56 Å². The summed E-state index contributed by atoms with van der Waals surface area (Å²) in [5, 5.41) is 11.7. The second kappa shape index (κ2) is 6.15. The highest BCUT2D eigenvalue weighted by atomic mass is 16.4. The van der Waals surface area contributed by atoms with Crippen molar-refractivity contribution in [3.63, 3.8) is 0 Å². The lowest BCUT2D eigenvalue weighted by Gasteiger charge is -2.10. The van der Waals surface area contributed by atoms with Crippen molar-refractivity contribution in [2.24, 2.45) is 5.73 Å². The Kier molecular flexibility index (Phi) is 4.30. The summed E-state index contributed by atoms with van der Waals surface area (Å²) in [5.41, 5.74) is 7.88. The first-order chi connectivity index (χ1) is 10.0. The number of aromatic nitrogens is 1. The van der Waals surface area contributed by atoms with Crippen LogP contribution in [0.2, 0.25) is 0 Å². The summed E-state index contributed by atoms with van der Waals surface area (Å²) < 4.78 is 0. The van der Waals surface area contributed by atoms with Gasteiger partial charge in [-0.15, -0.1) is 0 Å². The van der Waals surface area contributed by atoms with Gasteiger partial charge in [0.25, 0.3) is 5.91 Å². The van der Waals surface area contributed by atoms with Gasteiger partial charge in [-0.25, -0.2) is 4.79 Å². The number of nitrogens with zero attached hydrogens (tertiary/aromatic N) is 1. The Morgan fingerprint density at radius 3 is 2.67 bits per heavy atom. The summed E-state index contributed by atoms with van der Waals surface area (Å²) in [7, 11) is 0. The molecule has 0 aliphatic rings. The second-order valence-electron chi connectivity index (χ2n) is 4.53. The van der Waals surface area contributed by atoms with E-state index < -0.39 is 5.97 Å². The van der Waals surface area contributed by atoms with E-state index in [9.17, 15) is 9.59 Å². The van der Waals surface area contributed by atoms with E-state index in [4.69, 9.17) is 10.8 Å². The third-order valence-corrected chi connectivity index (χ3v) is 3.02. The molecule has 6 heteroatoms. The molecule has 6 nitrogen and oxygen atoms in total. The fourth-order valence-electron chi connectivity index (χ4n) is 1.82. The van der Waals surface area contributed by atoms with Gasteiger partial charge in [-0.2, -0.15) is 0 Å². The molecule has 0 aliphatic heterocycles. The highest BCUT2D eigenvalue weighted by Crippen LogP contribution is 2.18. The first-order valence-electron chi connectivity index (χ1n) is 6.31. The van der Waals surface area contributed by atoms with E-state index in [1.165, 1.54) is 18.3 Å². The predicted octanol–water partition coefficient (Wildman–Crippen LogP) is 1.80. The summed E-state index contributed by atoms with van der Waals surface area (Å²) in [6, 6.07) is 7.75. The number of carboxylic acid groups (broad SMARTS) is 1. The lowest BCUT2D eigenvalue weighted by molar-refractivity contribution is 0.0696. The van der Waals surface area contributed by atoms with Crippen LogP contribution in [0.1, 0.15) is 32.0 Å². The largest absolute Gasteiger partial charge is 0.478 e. The predicted molar refractivity (Wildman–Crippen MR) is 78.2 cm³/mol. The van der Waals surface area contributed by atoms with Crippen LogP contribution in [-0.2, 0) is 6.54 Å². The van der Waals surface area contributed by atoms with Gasteiger partial charge in [0.15, 0.2) is 0 Å². The highest BCUT2D eigenvalue weighted by Gasteiger charge is 2.11. The van der Waals surface area contributed by atoms with E-state index in [-0.39, 0.29) is 18.0 Å². The van der Waals surface area contributed by atoms with Gasteiger partial charge in [0.1, 0.15) is 0 Å². The zero-order chi connectivity index (χ0) is 15.4. The van der Waals surface area contributed by atoms with Crippen LogP contribution in [0.4, 0.5) is 5.69 Å². The number of anilines is 1. The average molecular weight is 285 g/mol. The smallest absolute Gasteiger partial charge is 0.335 e. The van der Waals surface area contributed by atoms with Gasteiger partial charge in [0, 0.05) is 24.0 Å². The van der Waals surface area contributed by atoms with Crippen LogP contribution in [0.25, 0.3) is 0 Å². The summed E-state index contributed by atoms with van der Waals surface area (Å²) in [5.74, 6) is -1.38.